The summed E-state index contributed by atoms with van der Waals surface area (Å²) >= 11 is 1.65. The molecule has 1 aliphatic rings. The first-order valence-electron chi connectivity index (χ1n) is 9.39. The molecule has 2 aromatic carbocycles. The van der Waals surface area contributed by atoms with Crippen LogP contribution < -0.4 is 10.5 Å². The lowest BCUT2D eigenvalue weighted by Gasteiger charge is -2.16. The highest BCUT2D eigenvalue weighted by molar-refractivity contribution is 7.97. The highest BCUT2D eigenvalue weighted by Gasteiger charge is 2.27. The van der Waals surface area contributed by atoms with Crippen LogP contribution in [0.1, 0.15) is 19.1 Å². The normalized spacial score (nSPS) is 19.6. The third kappa shape index (κ3) is 3.32. The van der Waals surface area contributed by atoms with Crippen molar-refractivity contribution in [2.75, 3.05) is 12.3 Å². The zero-order valence-electron chi connectivity index (χ0n) is 15.3. The van der Waals surface area contributed by atoms with Crippen LogP contribution in [-0.2, 0) is 4.74 Å². The summed E-state index contributed by atoms with van der Waals surface area (Å²) in [5.74, 6) is 0.506. The average Bonchev–Trinajstić information content (AvgIpc) is 3.35. The minimum absolute atomic E-state index is 0.00994. The highest BCUT2D eigenvalue weighted by Crippen LogP contribution is 2.32. The number of hydrogen-bond donors (Lipinski definition) is 2. The molecule has 2 aromatic heterocycles. The van der Waals surface area contributed by atoms with Gasteiger partial charge in [-0.1, -0.05) is 30.3 Å². The van der Waals surface area contributed by atoms with Crippen molar-refractivity contribution in [2.24, 2.45) is 0 Å². The molecule has 3 heterocycles. The topological polar surface area (TPSA) is 78.0 Å². The molecule has 1 aliphatic heterocycles. The maximum Gasteiger partial charge on any atom is 0.147 e. The van der Waals surface area contributed by atoms with Crippen LogP contribution in [0, 0.1) is 0 Å². The summed E-state index contributed by atoms with van der Waals surface area (Å²) in [6.07, 6.45) is 5.62. The quantitative estimate of drug-likeness (QED) is 0.498. The molecular weight excluding hydrogens is 370 g/mol. The number of nitrogens with zero attached hydrogens (tertiary/aromatic N) is 3. The number of ether oxygens (including phenoxy) is 1. The van der Waals surface area contributed by atoms with Gasteiger partial charge in [0.2, 0.25) is 0 Å². The van der Waals surface area contributed by atoms with Crippen molar-refractivity contribution < 1.29 is 4.74 Å². The maximum atomic E-state index is 6.25. The lowest BCUT2D eigenvalue weighted by molar-refractivity contribution is 0.00771. The number of nitrogens with one attached hydrogen (secondary N) is 1. The van der Waals surface area contributed by atoms with Crippen molar-refractivity contribution in [3.63, 3.8) is 0 Å². The van der Waals surface area contributed by atoms with E-state index in [0.717, 1.165) is 30.4 Å². The number of nitrogens with two attached hydrogens (primary N) is 1. The van der Waals surface area contributed by atoms with Crippen LogP contribution in [-0.4, -0.2) is 27.2 Å². The fraction of sp³-hybridized carbons (Fsp3) is 0.238. The van der Waals surface area contributed by atoms with Crippen LogP contribution in [0.4, 0.5) is 5.82 Å². The number of aromatic nitrogens is 3. The Morgan fingerprint density at radius 2 is 2.00 bits per heavy atom. The average molecular weight is 392 g/mol. The molecule has 0 amide bonds. The molecule has 2 atom stereocenters. The second-order valence-corrected chi connectivity index (χ2v) is 7.93. The van der Waals surface area contributed by atoms with Gasteiger partial charge in [-0.25, -0.2) is 9.97 Å². The van der Waals surface area contributed by atoms with Gasteiger partial charge in [-0.3, -0.25) is 4.72 Å². The standard InChI is InChI=1S/C21H21N5OS/c22-20-18-9-10-26(21(18)24-13-23-20)19-8-6-16(27-19)12-25-28-17-7-5-14-3-1-2-4-15(14)11-17/h1-5,7,9-11,13,16,19,25H,6,8,12H2,(H2,22,23,24)/t16?,19-/m1/s1. The van der Waals surface area contributed by atoms with Gasteiger partial charge in [0.1, 0.15) is 24.0 Å². The second-order valence-electron chi connectivity index (χ2n) is 6.97. The molecule has 1 unspecified atom stereocenters. The van der Waals surface area contributed by atoms with Crippen molar-refractivity contribution in [1.29, 1.82) is 0 Å². The fourth-order valence-electron chi connectivity index (χ4n) is 3.71. The van der Waals surface area contributed by atoms with Crippen molar-refractivity contribution in [1.82, 2.24) is 19.3 Å². The highest BCUT2D eigenvalue weighted by atomic mass is 32.2. The Labute approximate surface area is 167 Å². The summed E-state index contributed by atoms with van der Waals surface area (Å²) in [6.45, 7) is 0.796. The van der Waals surface area contributed by atoms with Gasteiger partial charge in [0, 0.05) is 17.6 Å². The summed E-state index contributed by atoms with van der Waals surface area (Å²) in [4.78, 5) is 9.63. The molecule has 0 saturated carbocycles. The van der Waals surface area contributed by atoms with Gasteiger partial charge in [0.15, 0.2) is 0 Å². The van der Waals surface area contributed by atoms with E-state index < -0.39 is 0 Å². The van der Waals surface area contributed by atoms with E-state index in [-0.39, 0.29) is 12.3 Å². The second kappa shape index (κ2) is 7.43. The van der Waals surface area contributed by atoms with E-state index in [9.17, 15) is 0 Å². The van der Waals surface area contributed by atoms with Gasteiger partial charge in [-0.15, -0.1) is 0 Å². The Balaban J connectivity index is 1.20. The van der Waals surface area contributed by atoms with Gasteiger partial charge in [0.25, 0.3) is 0 Å². The van der Waals surface area contributed by atoms with Gasteiger partial charge < -0.3 is 15.0 Å². The third-order valence-corrected chi connectivity index (χ3v) is 5.96. The Morgan fingerprint density at radius 3 is 2.93 bits per heavy atom. The molecular formula is C21H21N5OS. The third-order valence-electron chi connectivity index (χ3n) is 5.16. The SMILES string of the molecule is Nc1ncnc2c1ccn2[C@H]1CCC(CNSc2ccc3ccccc3c2)O1. The Bertz CT molecular complexity index is 1130. The summed E-state index contributed by atoms with van der Waals surface area (Å²) in [7, 11) is 0. The largest absolute Gasteiger partial charge is 0.383 e. The van der Waals surface area contributed by atoms with Crippen molar-refractivity contribution in [3.8, 4) is 0 Å². The molecule has 142 valence electrons. The molecule has 7 heteroatoms. The number of benzene rings is 2. The zero-order valence-corrected chi connectivity index (χ0v) is 16.1. The smallest absolute Gasteiger partial charge is 0.147 e. The summed E-state index contributed by atoms with van der Waals surface area (Å²) in [5, 5.41) is 3.39. The molecule has 28 heavy (non-hydrogen) atoms. The van der Waals surface area contributed by atoms with Crippen molar-refractivity contribution in [3.05, 3.63) is 61.1 Å². The van der Waals surface area contributed by atoms with Crippen LogP contribution in [0.5, 0.6) is 0 Å². The molecule has 1 saturated heterocycles. The maximum absolute atomic E-state index is 6.25. The molecule has 0 spiro atoms. The first kappa shape index (κ1) is 17.5. The number of anilines is 1. The minimum atomic E-state index is -0.00994. The number of rotatable bonds is 5. The van der Waals surface area contributed by atoms with E-state index in [1.54, 1.807) is 11.9 Å². The first-order valence-corrected chi connectivity index (χ1v) is 10.2. The molecule has 0 bridgehead atoms. The van der Waals surface area contributed by atoms with Gasteiger partial charge in [-0.2, -0.15) is 0 Å². The number of fused-ring (bicyclic) bond motifs is 2. The van der Waals surface area contributed by atoms with E-state index >= 15 is 0 Å². The lowest BCUT2D eigenvalue weighted by atomic mass is 10.1. The van der Waals surface area contributed by atoms with Crippen LogP contribution in [0.15, 0.2) is 66.0 Å². The molecule has 0 radical (unpaired) electrons. The van der Waals surface area contributed by atoms with Gasteiger partial charge in [0.05, 0.1) is 11.5 Å². The lowest BCUT2D eigenvalue weighted by Crippen LogP contribution is -2.22. The summed E-state index contributed by atoms with van der Waals surface area (Å²) in [6, 6.07) is 16.9. The van der Waals surface area contributed by atoms with E-state index in [0.29, 0.717) is 5.82 Å². The van der Waals surface area contributed by atoms with Crippen molar-refractivity contribution in [2.45, 2.75) is 30.1 Å². The predicted octanol–water partition coefficient (Wildman–Crippen LogP) is 4.14. The monoisotopic (exact) mass is 391 g/mol. The minimum Gasteiger partial charge on any atom is -0.383 e. The Hall–Kier alpha value is -2.61. The number of hydrogen-bond acceptors (Lipinski definition) is 6. The molecule has 5 rings (SSSR count). The zero-order chi connectivity index (χ0) is 18.9. The van der Waals surface area contributed by atoms with Crippen LogP contribution in [0.25, 0.3) is 21.8 Å². The van der Waals surface area contributed by atoms with Crippen LogP contribution in [0.2, 0.25) is 0 Å². The fourth-order valence-corrected chi connectivity index (χ4v) is 4.47. The molecule has 4 aromatic rings. The molecule has 6 nitrogen and oxygen atoms in total. The van der Waals surface area contributed by atoms with Crippen LogP contribution in [0.3, 0.4) is 0 Å². The summed E-state index contributed by atoms with van der Waals surface area (Å²) < 4.78 is 11.8. The van der Waals surface area contributed by atoms with E-state index in [1.807, 2.05) is 12.3 Å². The van der Waals surface area contributed by atoms with E-state index in [1.165, 1.54) is 22.0 Å². The van der Waals surface area contributed by atoms with E-state index in [4.69, 9.17) is 10.5 Å². The van der Waals surface area contributed by atoms with Gasteiger partial charge in [-0.05, 0) is 53.8 Å². The molecule has 1 fully saturated rings. The first-order chi connectivity index (χ1) is 13.8. The summed E-state index contributed by atoms with van der Waals surface area (Å²) in [5.41, 5.74) is 6.76. The van der Waals surface area contributed by atoms with Crippen molar-refractivity contribution >= 4 is 39.6 Å². The Morgan fingerprint density at radius 1 is 1.11 bits per heavy atom. The van der Waals surface area contributed by atoms with Crippen LogP contribution >= 0.6 is 11.9 Å². The number of nitrogen functional groups attached to an aromatic ring is 1. The molecule has 3 N–H and O–H groups in total. The molecule has 0 aliphatic carbocycles. The van der Waals surface area contributed by atoms with Gasteiger partial charge >= 0.3 is 0 Å². The predicted molar refractivity (Wildman–Crippen MR) is 113 cm³/mol. The Kier molecular flexibility index (Phi) is 4.64. The van der Waals surface area contributed by atoms with E-state index in [2.05, 4.69) is 61.7 Å².